The van der Waals surface area contributed by atoms with Crippen LogP contribution in [0, 0.1) is 11.8 Å². The third-order valence-corrected chi connectivity index (χ3v) is 2.93. The van der Waals surface area contributed by atoms with Gasteiger partial charge in [0, 0.05) is 12.8 Å². The topological polar surface area (TPSA) is 20.3 Å². The molecular formula is C12H21NO. The Morgan fingerprint density at radius 2 is 2.00 bits per heavy atom. The fraction of sp³-hybridized carbons (Fsp3) is 0.750. The standard InChI is InChI=1S/C12H21NO/c1-6-8-9-10-11(14)12(3,7-2)13(4)5/h7,9-10H2,1-5H3. The summed E-state index contributed by atoms with van der Waals surface area (Å²) in [5.41, 5.74) is -0.324. The second-order valence-electron chi connectivity index (χ2n) is 3.87. The minimum absolute atomic E-state index is 0.285. The first kappa shape index (κ1) is 13.2. The zero-order valence-corrected chi connectivity index (χ0v) is 9.98. The van der Waals surface area contributed by atoms with Gasteiger partial charge in [-0.25, -0.2) is 0 Å². The second kappa shape index (κ2) is 5.82. The van der Waals surface area contributed by atoms with E-state index in [2.05, 4.69) is 11.8 Å². The summed E-state index contributed by atoms with van der Waals surface area (Å²) in [7, 11) is 3.90. The van der Waals surface area contributed by atoms with Crippen molar-refractivity contribution >= 4 is 5.78 Å². The molecule has 0 aliphatic carbocycles. The zero-order valence-electron chi connectivity index (χ0n) is 9.98. The highest BCUT2D eigenvalue weighted by molar-refractivity contribution is 5.88. The molecule has 0 saturated heterocycles. The van der Waals surface area contributed by atoms with Crippen LogP contribution < -0.4 is 0 Å². The molecule has 0 radical (unpaired) electrons. The van der Waals surface area contributed by atoms with Crippen molar-refractivity contribution in [2.45, 2.75) is 45.6 Å². The third kappa shape index (κ3) is 3.16. The van der Waals surface area contributed by atoms with Gasteiger partial charge >= 0.3 is 0 Å². The number of rotatable bonds is 5. The molecule has 1 atom stereocenters. The third-order valence-electron chi connectivity index (χ3n) is 2.93. The average Bonchev–Trinajstić information content (AvgIpc) is 2.16. The molecule has 0 bridgehead atoms. The molecule has 0 aliphatic heterocycles. The molecule has 0 aromatic carbocycles. The van der Waals surface area contributed by atoms with Crippen molar-refractivity contribution in [2.75, 3.05) is 14.1 Å². The van der Waals surface area contributed by atoms with Crippen molar-refractivity contribution < 1.29 is 4.79 Å². The van der Waals surface area contributed by atoms with Crippen LogP contribution in [0.3, 0.4) is 0 Å². The highest BCUT2D eigenvalue weighted by atomic mass is 16.1. The monoisotopic (exact) mass is 195 g/mol. The van der Waals surface area contributed by atoms with Crippen LogP contribution in [0.2, 0.25) is 0 Å². The van der Waals surface area contributed by atoms with E-state index in [1.165, 1.54) is 0 Å². The van der Waals surface area contributed by atoms with E-state index in [0.29, 0.717) is 12.8 Å². The van der Waals surface area contributed by atoms with Crippen LogP contribution in [0.4, 0.5) is 0 Å². The van der Waals surface area contributed by atoms with Crippen molar-refractivity contribution in [3.05, 3.63) is 0 Å². The summed E-state index contributed by atoms with van der Waals surface area (Å²) in [6.45, 7) is 5.84. The Bertz CT molecular complexity index is 247. The zero-order chi connectivity index (χ0) is 11.2. The van der Waals surface area contributed by atoms with Crippen molar-refractivity contribution in [3.63, 3.8) is 0 Å². The molecule has 1 unspecified atom stereocenters. The SMILES string of the molecule is CC#CCCC(=O)C(C)(CC)N(C)C. The summed E-state index contributed by atoms with van der Waals surface area (Å²) < 4.78 is 0. The molecule has 0 saturated carbocycles. The van der Waals surface area contributed by atoms with Crippen LogP contribution in [-0.4, -0.2) is 30.3 Å². The summed E-state index contributed by atoms with van der Waals surface area (Å²) in [4.78, 5) is 13.9. The Morgan fingerprint density at radius 1 is 1.43 bits per heavy atom. The number of nitrogens with zero attached hydrogens (tertiary/aromatic N) is 1. The molecule has 80 valence electrons. The minimum atomic E-state index is -0.324. The average molecular weight is 195 g/mol. The maximum atomic E-state index is 11.9. The summed E-state index contributed by atoms with van der Waals surface area (Å²) in [5, 5.41) is 0. The van der Waals surface area contributed by atoms with Gasteiger partial charge < -0.3 is 0 Å². The predicted molar refractivity (Wildman–Crippen MR) is 60.1 cm³/mol. The van der Waals surface area contributed by atoms with E-state index < -0.39 is 0 Å². The van der Waals surface area contributed by atoms with Gasteiger partial charge in [-0.05, 0) is 34.4 Å². The lowest BCUT2D eigenvalue weighted by molar-refractivity contribution is -0.129. The number of likely N-dealkylation sites (N-methyl/N-ethyl adjacent to an activating group) is 1. The van der Waals surface area contributed by atoms with Crippen LogP contribution >= 0.6 is 0 Å². The Kier molecular flexibility index (Phi) is 5.49. The Labute approximate surface area is 87.7 Å². The fourth-order valence-corrected chi connectivity index (χ4v) is 1.33. The van der Waals surface area contributed by atoms with E-state index in [1.807, 2.05) is 32.8 Å². The maximum Gasteiger partial charge on any atom is 0.153 e. The van der Waals surface area contributed by atoms with E-state index in [1.54, 1.807) is 6.92 Å². The van der Waals surface area contributed by atoms with Gasteiger partial charge in [-0.2, -0.15) is 0 Å². The normalized spacial score (nSPS) is 14.4. The second-order valence-corrected chi connectivity index (χ2v) is 3.87. The molecule has 0 spiro atoms. The van der Waals surface area contributed by atoms with Gasteiger partial charge in [0.05, 0.1) is 5.54 Å². The van der Waals surface area contributed by atoms with E-state index >= 15 is 0 Å². The highest BCUT2D eigenvalue weighted by Crippen LogP contribution is 2.19. The molecule has 0 aromatic rings. The fourth-order valence-electron chi connectivity index (χ4n) is 1.33. The number of hydrogen-bond donors (Lipinski definition) is 0. The van der Waals surface area contributed by atoms with Gasteiger partial charge in [0.2, 0.25) is 0 Å². The van der Waals surface area contributed by atoms with E-state index in [4.69, 9.17) is 0 Å². The van der Waals surface area contributed by atoms with Gasteiger partial charge in [-0.1, -0.05) is 6.92 Å². The Balaban J connectivity index is 4.36. The van der Waals surface area contributed by atoms with Gasteiger partial charge in [0.1, 0.15) is 0 Å². The van der Waals surface area contributed by atoms with Gasteiger partial charge in [0.25, 0.3) is 0 Å². The predicted octanol–water partition coefficient (Wildman–Crippen LogP) is 2.09. The molecule has 0 heterocycles. The number of ketones is 1. The number of carbonyl (C=O) groups is 1. The number of Topliss-reactive ketones (excluding diaryl/α,β-unsaturated/α-hetero) is 1. The number of carbonyl (C=O) groups excluding carboxylic acids is 1. The molecular weight excluding hydrogens is 174 g/mol. The lowest BCUT2D eigenvalue weighted by Crippen LogP contribution is -2.47. The van der Waals surface area contributed by atoms with Crippen molar-refractivity contribution in [1.29, 1.82) is 0 Å². The van der Waals surface area contributed by atoms with Crippen molar-refractivity contribution in [3.8, 4) is 11.8 Å². The molecule has 2 nitrogen and oxygen atoms in total. The van der Waals surface area contributed by atoms with Crippen LogP contribution in [0.15, 0.2) is 0 Å². The minimum Gasteiger partial charge on any atom is -0.298 e. The molecule has 0 fully saturated rings. The number of hydrogen-bond acceptors (Lipinski definition) is 2. The molecule has 0 amide bonds. The molecule has 0 rings (SSSR count). The summed E-state index contributed by atoms with van der Waals surface area (Å²) in [6.07, 6.45) is 2.08. The lowest BCUT2D eigenvalue weighted by Gasteiger charge is -2.33. The summed E-state index contributed by atoms with van der Waals surface area (Å²) in [6, 6.07) is 0. The van der Waals surface area contributed by atoms with Crippen molar-refractivity contribution in [1.82, 2.24) is 4.90 Å². The van der Waals surface area contributed by atoms with Crippen LogP contribution in [-0.2, 0) is 4.79 Å². The van der Waals surface area contributed by atoms with Gasteiger partial charge in [-0.15, -0.1) is 11.8 Å². The van der Waals surface area contributed by atoms with Crippen LogP contribution in [0.5, 0.6) is 0 Å². The van der Waals surface area contributed by atoms with Crippen molar-refractivity contribution in [2.24, 2.45) is 0 Å². The molecule has 2 heteroatoms. The lowest BCUT2D eigenvalue weighted by atomic mass is 9.89. The molecule has 14 heavy (non-hydrogen) atoms. The van der Waals surface area contributed by atoms with Crippen LogP contribution in [0.1, 0.15) is 40.0 Å². The maximum absolute atomic E-state index is 11.9. The summed E-state index contributed by atoms with van der Waals surface area (Å²) in [5.74, 6) is 6.02. The largest absolute Gasteiger partial charge is 0.298 e. The quantitative estimate of drug-likeness (QED) is 0.626. The molecule has 0 aromatic heterocycles. The first-order valence-electron chi connectivity index (χ1n) is 5.09. The smallest absolute Gasteiger partial charge is 0.153 e. The Hall–Kier alpha value is -0.810. The molecule has 0 aliphatic rings. The van der Waals surface area contributed by atoms with Gasteiger partial charge in [-0.3, -0.25) is 9.69 Å². The van der Waals surface area contributed by atoms with E-state index in [9.17, 15) is 4.79 Å². The Morgan fingerprint density at radius 3 is 2.36 bits per heavy atom. The van der Waals surface area contributed by atoms with Gasteiger partial charge in [0.15, 0.2) is 5.78 Å². The first-order chi connectivity index (χ1) is 6.49. The first-order valence-corrected chi connectivity index (χ1v) is 5.09. The van der Waals surface area contributed by atoms with Crippen LogP contribution in [0.25, 0.3) is 0 Å². The van der Waals surface area contributed by atoms with E-state index in [0.717, 1.165) is 6.42 Å². The summed E-state index contributed by atoms with van der Waals surface area (Å²) >= 11 is 0. The molecule has 0 N–H and O–H groups in total. The highest BCUT2D eigenvalue weighted by Gasteiger charge is 2.32. The van der Waals surface area contributed by atoms with E-state index in [-0.39, 0.29) is 11.3 Å².